The molecule has 0 radical (unpaired) electrons. The first-order valence-corrected chi connectivity index (χ1v) is 7.94. The number of phenols is 1. The highest BCUT2D eigenvalue weighted by atomic mass is 16.3. The number of hydrogen-bond acceptors (Lipinski definition) is 4. The molecule has 0 unspecified atom stereocenters. The van der Waals surface area contributed by atoms with E-state index in [1.54, 1.807) is 12.1 Å². The van der Waals surface area contributed by atoms with E-state index in [0.717, 1.165) is 16.9 Å². The standard InChI is InChI=1S/C18H18N4O3/c23-15-9-4-1-6-12(15)18(25)22-21-17(24)11-5-10-16-19-13-7-2-3-8-14(13)20-16/h1-4,6-9,23H,5,10-11H2,(H,19,20)(H,21,24)(H,22,25). The summed E-state index contributed by atoms with van der Waals surface area (Å²) in [6.45, 7) is 0. The molecule has 0 saturated carbocycles. The van der Waals surface area contributed by atoms with Crippen LogP contribution in [0.15, 0.2) is 48.5 Å². The first kappa shape index (κ1) is 16.5. The minimum atomic E-state index is -0.566. The summed E-state index contributed by atoms with van der Waals surface area (Å²) in [5.41, 5.74) is 6.60. The molecule has 0 spiro atoms. The number of aromatic nitrogens is 2. The fourth-order valence-electron chi connectivity index (χ4n) is 2.46. The summed E-state index contributed by atoms with van der Waals surface area (Å²) in [6.07, 6.45) is 1.48. The monoisotopic (exact) mass is 338 g/mol. The van der Waals surface area contributed by atoms with E-state index in [-0.39, 0.29) is 23.6 Å². The number of carbonyl (C=O) groups excluding carboxylic acids is 2. The third-order valence-electron chi connectivity index (χ3n) is 3.72. The van der Waals surface area contributed by atoms with Gasteiger partial charge in [-0.3, -0.25) is 20.4 Å². The van der Waals surface area contributed by atoms with Gasteiger partial charge in [0.1, 0.15) is 11.6 Å². The molecule has 1 heterocycles. The molecule has 0 atom stereocenters. The maximum Gasteiger partial charge on any atom is 0.273 e. The predicted molar refractivity (Wildman–Crippen MR) is 92.7 cm³/mol. The lowest BCUT2D eigenvalue weighted by Crippen LogP contribution is -2.41. The van der Waals surface area contributed by atoms with E-state index < -0.39 is 5.91 Å². The van der Waals surface area contributed by atoms with Crippen LogP contribution in [0.5, 0.6) is 5.75 Å². The number of benzene rings is 2. The van der Waals surface area contributed by atoms with Crippen LogP contribution < -0.4 is 10.9 Å². The molecule has 25 heavy (non-hydrogen) atoms. The highest BCUT2D eigenvalue weighted by Crippen LogP contribution is 2.14. The Morgan fingerprint density at radius 1 is 1.04 bits per heavy atom. The minimum Gasteiger partial charge on any atom is -0.507 e. The van der Waals surface area contributed by atoms with Gasteiger partial charge in [0, 0.05) is 12.8 Å². The van der Waals surface area contributed by atoms with Crippen molar-refractivity contribution in [3.63, 3.8) is 0 Å². The molecule has 0 fully saturated rings. The molecule has 7 heteroatoms. The van der Waals surface area contributed by atoms with Crippen molar-refractivity contribution in [2.24, 2.45) is 0 Å². The predicted octanol–water partition coefficient (Wildman–Crippen LogP) is 2.05. The van der Waals surface area contributed by atoms with Gasteiger partial charge in [-0.1, -0.05) is 24.3 Å². The number of nitrogens with one attached hydrogen (secondary N) is 3. The zero-order chi connectivity index (χ0) is 17.6. The van der Waals surface area contributed by atoms with Crippen molar-refractivity contribution in [1.29, 1.82) is 0 Å². The number of aromatic hydroxyl groups is 1. The summed E-state index contributed by atoms with van der Waals surface area (Å²) in [5, 5.41) is 9.59. The Kier molecular flexibility index (Phi) is 4.94. The fourth-order valence-corrected chi connectivity index (χ4v) is 2.46. The summed E-state index contributed by atoms with van der Waals surface area (Å²) in [4.78, 5) is 31.3. The number of fused-ring (bicyclic) bond motifs is 1. The van der Waals surface area contributed by atoms with Gasteiger partial charge in [-0.15, -0.1) is 0 Å². The molecule has 2 aromatic carbocycles. The second kappa shape index (κ2) is 7.48. The van der Waals surface area contributed by atoms with E-state index in [1.165, 1.54) is 12.1 Å². The molecule has 0 aliphatic rings. The number of rotatable bonds is 5. The van der Waals surface area contributed by atoms with Crippen molar-refractivity contribution in [2.45, 2.75) is 19.3 Å². The molecule has 1 aromatic heterocycles. The quantitative estimate of drug-likeness (QED) is 0.534. The number of para-hydroxylation sites is 3. The molecule has 0 bridgehead atoms. The van der Waals surface area contributed by atoms with Crippen molar-refractivity contribution < 1.29 is 14.7 Å². The lowest BCUT2D eigenvalue weighted by Gasteiger charge is -2.08. The van der Waals surface area contributed by atoms with Crippen LogP contribution in [0.4, 0.5) is 0 Å². The lowest BCUT2D eigenvalue weighted by molar-refractivity contribution is -0.121. The van der Waals surface area contributed by atoms with E-state index in [1.807, 2.05) is 24.3 Å². The van der Waals surface area contributed by atoms with Gasteiger partial charge in [0.2, 0.25) is 5.91 Å². The number of carbonyl (C=O) groups is 2. The van der Waals surface area contributed by atoms with Crippen LogP contribution in [-0.2, 0) is 11.2 Å². The van der Waals surface area contributed by atoms with Crippen molar-refractivity contribution in [3.8, 4) is 5.75 Å². The van der Waals surface area contributed by atoms with E-state index in [0.29, 0.717) is 12.8 Å². The van der Waals surface area contributed by atoms with E-state index in [2.05, 4.69) is 20.8 Å². The number of hydrogen-bond donors (Lipinski definition) is 4. The SMILES string of the molecule is O=C(CCCc1nc2ccccc2[nH]1)NNC(=O)c1ccccc1O. The second-order valence-electron chi connectivity index (χ2n) is 5.57. The highest BCUT2D eigenvalue weighted by molar-refractivity contribution is 5.97. The third kappa shape index (κ3) is 4.14. The Bertz CT molecular complexity index is 871. The third-order valence-corrected chi connectivity index (χ3v) is 3.72. The molecule has 7 nitrogen and oxygen atoms in total. The van der Waals surface area contributed by atoms with Crippen molar-refractivity contribution in [2.75, 3.05) is 0 Å². The Morgan fingerprint density at radius 3 is 2.60 bits per heavy atom. The first-order chi connectivity index (χ1) is 12.1. The second-order valence-corrected chi connectivity index (χ2v) is 5.57. The van der Waals surface area contributed by atoms with Gasteiger partial charge < -0.3 is 10.1 Å². The summed E-state index contributed by atoms with van der Waals surface area (Å²) in [5.74, 6) is -0.185. The molecule has 3 aromatic rings. The number of imidazole rings is 1. The van der Waals surface area contributed by atoms with Crippen LogP contribution in [0, 0.1) is 0 Å². The van der Waals surface area contributed by atoms with E-state index in [9.17, 15) is 14.7 Å². The average Bonchev–Trinajstić information content (AvgIpc) is 3.03. The van der Waals surface area contributed by atoms with Gasteiger partial charge in [0.25, 0.3) is 5.91 Å². The summed E-state index contributed by atoms with van der Waals surface area (Å²) >= 11 is 0. The smallest absolute Gasteiger partial charge is 0.273 e. The van der Waals surface area contributed by atoms with Crippen LogP contribution >= 0.6 is 0 Å². The van der Waals surface area contributed by atoms with Crippen LogP contribution in [-0.4, -0.2) is 26.9 Å². The van der Waals surface area contributed by atoms with Crippen LogP contribution in [0.1, 0.15) is 29.0 Å². The molecule has 0 saturated heterocycles. The van der Waals surface area contributed by atoms with Gasteiger partial charge in [-0.25, -0.2) is 4.98 Å². The van der Waals surface area contributed by atoms with Gasteiger partial charge in [0.15, 0.2) is 0 Å². The van der Waals surface area contributed by atoms with Gasteiger partial charge in [0.05, 0.1) is 16.6 Å². The largest absolute Gasteiger partial charge is 0.507 e. The van der Waals surface area contributed by atoms with Crippen LogP contribution in [0.3, 0.4) is 0 Å². The normalized spacial score (nSPS) is 10.6. The lowest BCUT2D eigenvalue weighted by atomic mass is 10.2. The van der Waals surface area contributed by atoms with Crippen molar-refractivity contribution in [3.05, 3.63) is 59.9 Å². The molecular formula is C18H18N4O3. The molecule has 4 N–H and O–H groups in total. The highest BCUT2D eigenvalue weighted by Gasteiger charge is 2.11. The Hall–Kier alpha value is -3.35. The minimum absolute atomic E-state index is 0.102. The first-order valence-electron chi connectivity index (χ1n) is 7.94. The molecule has 3 rings (SSSR count). The number of nitrogens with zero attached hydrogens (tertiary/aromatic N) is 1. The topological polar surface area (TPSA) is 107 Å². The molecule has 128 valence electrons. The Labute approximate surface area is 144 Å². The molecule has 0 aliphatic carbocycles. The summed E-state index contributed by atoms with van der Waals surface area (Å²) in [7, 11) is 0. The average molecular weight is 338 g/mol. The number of H-pyrrole nitrogens is 1. The van der Waals surface area contributed by atoms with Gasteiger partial charge in [-0.2, -0.15) is 0 Å². The van der Waals surface area contributed by atoms with E-state index in [4.69, 9.17) is 0 Å². The zero-order valence-corrected chi connectivity index (χ0v) is 13.5. The van der Waals surface area contributed by atoms with Gasteiger partial charge in [-0.05, 0) is 30.7 Å². The fraction of sp³-hybridized carbons (Fsp3) is 0.167. The van der Waals surface area contributed by atoms with Crippen molar-refractivity contribution >= 4 is 22.8 Å². The van der Waals surface area contributed by atoms with Crippen LogP contribution in [0.25, 0.3) is 11.0 Å². The number of aromatic amines is 1. The summed E-state index contributed by atoms with van der Waals surface area (Å²) in [6, 6.07) is 13.9. The maximum atomic E-state index is 11.9. The number of phenolic OH excluding ortho intramolecular Hbond substituents is 1. The Balaban J connectivity index is 1.43. The van der Waals surface area contributed by atoms with Gasteiger partial charge >= 0.3 is 0 Å². The maximum absolute atomic E-state index is 11.9. The number of hydrazine groups is 1. The van der Waals surface area contributed by atoms with Crippen LogP contribution in [0.2, 0.25) is 0 Å². The zero-order valence-electron chi connectivity index (χ0n) is 13.5. The van der Waals surface area contributed by atoms with E-state index >= 15 is 0 Å². The molecule has 2 amide bonds. The van der Waals surface area contributed by atoms with Crippen molar-refractivity contribution in [1.82, 2.24) is 20.8 Å². The number of aryl methyl sites for hydroxylation is 1. The Morgan fingerprint density at radius 2 is 1.80 bits per heavy atom. The molecule has 0 aliphatic heterocycles. The molecular weight excluding hydrogens is 320 g/mol. The number of amides is 2. The summed E-state index contributed by atoms with van der Waals surface area (Å²) < 4.78 is 0.